The van der Waals surface area contributed by atoms with Gasteiger partial charge in [0.15, 0.2) is 16.5 Å². The second-order valence-electron chi connectivity index (χ2n) is 9.01. The SMILES string of the molecule is COc1cc(C=c2sc3nc(-c4ccccc4)c(-c4ccccc4)n3c2=O)ccc1OCc1ccc(Cl)cc1Cl. The Morgan fingerprint density at radius 3 is 2.30 bits per heavy atom. The van der Waals surface area contributed by atoms with Gasteiger partial charge in [-0.3, -0.25) is 4.79 Å². The highest BCUT2D eigenvalue weighted by molar-refractivity contribution is 7.15. The summed E-state index contributed by atoms with van der Waals surface area (Å²) in [6.07, 6.45) is 1.85. The average molecular weight is 586 g/mol. The third-order valence-corrected chi connectivity index (χ3v) is 8.00. The topological polar surface area (TPSA) is 52.8 Å². The second kappa shape index (κ2) is 11.2. The summed E-state index contributed by atoms with van der Waals surface area (Å²) in [5.74, 6) is 1.11. The van der Waals surface area contributed by atoms with Crippen LogP contribution in [0.2, 0.25) is 10.0 Å². The van der Waals surface area contributed by atoms with Crippen LogP contribution in [0.4, 0.5) is 0 Å². The van der Waals surface area contributed by atoms with E-state index >= 15 is 0 Å². The molecule has 198 valence electrons. The van der Waals surface area contributed by atoms with Gasteiger partial charge in [0.1, 0.15) is 6.61 Å². The van der Waals surface area contributed by atoms with Crippen LogP contribution in [0, 0.1) is 0 Å². The molecule has 0 aliphatic rings. The van der Waals surface area contributed by atoms with Crippen LogP contribution in [0.1, 0.15) is 11.1 Å². The first-order valence-electron chi connectivity index (χ1n) is 12.4. The highest BCUT2D eigenvalue weighted by Crippen LogP contribution is 2.33. The van der Waals surface area contributed by atoms with E-state index in [0.29, 0.717) is 31.0 Å². The van der Waals surface area contributed by atoms with Crippen molar-refractivity contribution in [1.29, 1.82) is 0 Å². The zero-order valence-corrected chi connectivity index (χ0v) is 23.6. The standard InChI is InChI=1S/C32H22Cl2N2O3S/c1-38-27-16-20(12-15-26(27)39-19-23-13-14-24(33)18-25(23)34)17-28-31(37)36-30(22-10-6-3-7-11-22)29(35-32(36)40-28)21-8-4-2-5-9-21/h2-18H,19H2,1H3. The van der Waals surface area contributed by atoms with Crippen LogP contribution in [0.25, 0.3) is 33.6 Å². The minimum Gasteiger partial charge on any atom is -0.493 e. The Morgan fingerprint density at radius 1 is 0.875 bits per heavy atom. The van der Waals surface area contributed by atoms with E-state index in [4.69, 9.17) is 37.7 Å². The van der Waals surface area contributed by atoms with Crippen molar-refractivity contribution in [3.8, 4) is 34.0 Å². The average Bonchev–Trinajstić information content (AvgIpc) is 3.50. The van der Waals surface area contributed by atoms with E-state index in [-0.39, 0.29) is 12.2 Å². The molecule has 6 rings (SSSR count). The number of hydrogen-bond acceptors (Lipinski definition) is 5. The van der Waals surface area contributed by atoms with E-state index in [2.05, 4.69) is 0 Å². The van der Waals surface area contributed by atoms with Crippen molar-refractivity contribution in [2.75, 3.05) is 7.11 Å². The molecule has 0 radical (unpaired) electrons. The molecule has 2 heterocycles. The molecule has 8 heteroatoms. The first kappa shape index (κ1) is 26.1. The van der Waals surface area contributed by atoms with Gasteiger partial charge in [-0.05, 0) is 35.9 Å². The molecular weight excluding hydrogens is 563 g/mol. The Balaban J connectivity index is 1.38. The maximum absolute atomic E-state index is 13.7. The van der Waals surface area contributed by atoms with Crippen molar-refractivity contribution >= 4 is 45.6 Å². The Hall–Kier alpha value is -4.10. The van der Waals surface area contributed by atoms with Crippen LogP contribution >= 0.6 is 34.5 Å². The zero-order chi connectivity index (χ0) is 27.6. The maximum atomic E-state index is 13.7. The third-order valence-electron chi connectivity index (χ3n) is 6.44. The molecule has 0 N–H and O–H groups in total. The number of halogens is 2. The van der Waals surface area contributed by atoms with Gasteiger partial charge in [-0.1, -0.05) is 107 Å². The fraction of sp³-hybridized carbons (Fsp3) is 0.0625. The van der Waals surface area contributed by atoms with Crippen LogP contribution in [-0.2, 0) is 6.61 Å². The highest BCUT2D eigenvalue weighted by Gasteiger charge is 2.20. The molecule has 0 fully saturated rings. The molecule has 4 aromatic carbocycles. The molecule has 0 aliphatic carbocycles. The van der Waals surface area contributed by atoms with E-state index in [0.717, 1.165) is 33.6 Å². The number of rotatable bonds is 7. The van der Waals surface area contributed by atoms with Gasteiger partial charge in [0, 0.05) is 26.7 Å². The highest BCUT2D eigenvalue weighted by atomic mass is 35.5. The second-order valence-corrected chi connectivity index (χ2v) is 10.9. The number of nitrogens with zero attached hydrogens (tertiary/aromatic N) is 2. The molecule has 5 nitrogen and oxygen atoms in total. The summed E-state index contributed by atoms with van der Waals surface area (Å²) < 4.78 is 13.8. The van der Waals surface area contributed by atoms with E-state index in [1.807, 2.05) is 91.0 Å². The van der Waals surface area contributed by atoms with Crippen LogP contribution in [0.3, 0.4) is 0 Å². The van der Waals surface area contributed by atoms with Gasteiger partial charge in [0.25, 0.3) is 5.56 Å². The first-order valence-corrected chi connectivity index (χ1v) is 14.0. The molecule has 0 saturated carbocycles. The number of fused-ring (bicyclic) bond motifs is 1. The predicted octanol–water partition coefficient (Wildman–Crippen LogP) is 7.53. The van der Waals surface area contributed by atoms with Crippen LogP contribution in [-0.4, -0.2) is 16.5 Å². The summed E-state index contributed by atoms with van der Waals surface area (Å²) in [6, 6.07) is 30.6. The van der Waals surface area contributed by atoms with Crippen LogP contribution in [0.5, 0.6) is 11.5 Å². The third kappa shape index (κ3) is 5.09. The number of aromatic nitrogens is 2. The minimum atomic E-state index is -0.120. The van der Waals surface area contributed by atoms with Gasteiger partial charge in [0.05, 0.1) is 23.0 Å². The first-order chi connectivity index (χ1) is 19.5. The summed E-state index contributed by atoms with van der Waals surface area (Å²) in [5, 5.41) is 1.10. The normalized spacial score (nSPS) is 11.7. The maximum Gasteiger partial charge on any atom is 0.274 e. The molecule has 0 amide bonds. The lowest BCUT2D eigenvalue weighted by atomic mass is 10.1. The van der Waals surface area contributed by atoms with Crippen molar-refractivity contribution in [1.82, 2.24) is 9.38 Å². The summed E-state index contributed by atoms with van der Waals surface area (Å²) in [4.78, 5) is 19.3. The number of methoxy groups -OCH3 is 1. The quantitative estimate of drug-likeness (QED) is 0.194. The van der Waals surface area contributed by atoms with Gasteiger partial charge < -0.3 is 9.47 Å². The van der Waals surface area contributed by atoms with Gasteiger partial charge in [0.2, 0.25) is 0 Å². The molecule has 0 aliphatic heterocycles. The molecular formula is C32H22Cl2N2O3S. The Morgan fingerprint density at radius 2 is 1.60 bits per heavy atom. The summed E-state index contributed by atoms with van der Waals surface area (Å²) >= 11 is 13.6. The Labute approximate surface area is 244 Å². The van der Waals surface area contributed by atoms with Crippen molar-refractivity contribution in [2.45, 2.75) is 6.61 Å². The minimum absolute atomic E-state index is 0.120. The summed E-state index contributed by atoms with van der Waals surface area (Å²) in [6.45, 7) is 0.258. The number of imidazole rings is 1. The number of ether oxygens (including phenoxy) is 2. The molecule has 0 unspecified atom stereocenters. The van der Waals surface area contributed by atoms with Gasteiger partial charge in [-0.15, -0.1) is 0 Å². The summed E-state index contributed by atoms with van der Waals surface area (Å²) in [7, 11) is 1.58. The molecule has 0 atom stereocenters. The zero-order valence-electron chi connectivity index (χ0n) is 21.3. The number of hydrogen-bond donors (Lipinski definition) is 0. The van der Waals surface area contributed by atoms with Crippen molar-refractivity contribution in [3.63, 3.8) is 0 Å². The van der Waals surface area contributed by atoms with Crippen LogP contribution < -0.4 is 19.6 Å². The Bertz CT molecular complexity index is 1940. The van der Waals surface area contributed by atoms with E-state index < -0.39 is 0 Å². The van der Waals surface area contributed by atoms with Crippen molar-refractivity contribution < 1.29 is 9.47 Å². The predicted molar refractivity (Wildman–Crippen MR) is 163 cm³/mol. The fourth-order valence-corrected chi connectivity index (χ4v) is 5.93. The number of thiazole rings is 1. The van der Waals surface area contributed by atoms with E-state index in [1.54, 1.807) is 23.6 Å². The molecule has 0 bridgehead atoms. The lowest BCUT2D eigenvalue weighted by molar-refractivity contribution is 0.284. The van der Waals surface area contributed by atoms with Crippen molar-refractivity contribution in [2.24, 2.45) is 0 Å². The van der Waals surface area contributed by atoms with E-state index in [9.17, 15) is 4.79 Å². The van der Waals surface area contributed by atoms with E-state index in [1.165, 1.54) is 11.3 Å². The molecule has 0 saturated heterocycles. The molecule has 2 aromatic heterocycles. The van der Waals surface area contributed by atoms with Gasteiger partial charge in [-0.25, -0.2) is 9.38 Å². The fourth-order valence-electron chi connectivity index (χ4n) is 4.50. The number of benzene rings is 4. The molecule has 6 aromatic rings. The van der Waals surface area contributed by atoms with Gasteiger partial charge >= 0.3 is 0 Å². The lowest BCUT2D eigenvalue weighted by Crippen LogP contribution is -2.23. The monoisotopic (exact) mass is 584 g/mol. The van der Waals surface area contributed by atoms with Crippen LogP contribution in [0.15, 0.2) is 102 Å². The molecule has 0 spiro atoms. The lowest BCUT2D eigenvalue weighted by Gasteiger charge is -2.12. The Kier molecular flexibility index (Phi) is 7.30. The molecule has 40 heavy (non-hydrogen) atoms. The smallest absolute Gasteiger partial charge is 0.274 e. The van der Waals surface area contributed by atoms with Gasteiger partial charge in [-0.2, -0.15) is 0 Å². The van der Waals surface area contributed by atoms with Crippen molar-refractivity contribution in [3.05, 3.63) is 133 Å². The largest absolute Gasteiger partial charge is 0.493 e. The summed E-state index contributed by atoms with van der Waals surface area (Å²) in [5.41, 5.74) is 4.95.